The van der Waals surface area contributed by atoms with Crippen LogP contribution in [0.3, 0.4) is 0 Å². The average Bonchev–Trinajstić information content (AvgIpc) is 3.80. The van der Waals surface area contributed by atoms with Gasteiger partial charge in [0.05, 0.1) is 16.4 Å². The van der Waals surface area contributed by atoms with Crippen molar-refractivity contribution < 1.29 is 4.42 Å². The molecule has 9 aromatic carbocycles. The van der Waals surface area contributed by atoms with Gasteiger partial charge in [-0.3, -0.25) is 0 Å². The van der Waals surface area contributed by atoms with Crippen LogP contribution in [-0.4, -0.2) is 4.57 Å². The first-order valence-electron chi connectivity index (χ1n) is 18.8. The molecule has 55 heavy (non-hydrogen) atoms. The van der Waals surface area contributed by atoms with E-state index in [0.717, 1.165) is 61.2 Å². The van der Waals surface area contributed by atoms with E-state index >= 15 is 0 Å². The number of fused-ring (bicyclic) bond motifs is 8. The van der Waals surface area contributed by atoms with Gasteiger partial charge >= 0.3 is 0 Å². The van der Waals surface area contributed by atoms with Crippen molar-refractivity contribution in [3.8, 4) is 39.1 Å². The van der Waals surface area contributed by atoms with Crippen molar-refractivity contribution in [1.29, 1.82) is 0 Å². The fourth-order valence-electron chi connectivity index (χ4n) is 8.32. The van der Waals surface area contributed by atoms with Crippen molar-refractivity contribution in [2.24, 2.45) is 0 Å². The number of benzene rings is 9. The SMILES string of the molecule is c1ccc(-c2ccc(Nc3ccccc3-c3cccc(-c4ccc5c(c4)c4ccc6oc7ccccc7c6c4n5-c4ccc5ccccc5c4)c3)cc2)cc1. The standard InChI is InChI=1S/C52H34N2O/c1-2-11-34(12-3-1)36-21-25-41(26-22-36)53-47-19-8-6-17-43(47)40-16-10-15-37(31-40)39-24-29-48-46(33-39)44-28-30-50-51(45-18-7-9-20-49(45)55-50)52(44)54(48)42-27-23-35-13-4-5-14-38(35)32-42/h1-33,53H. The molecule has 0 amide bonds. The van der Waals surface area contributed by atoms with E-state index in [9.17, 15) is 0 Å². The lowest BCUT2D eigenvalue weighted by Gasteiger charge is -2.14. The number of para-hydroxylation sites is 2. The summed E-state index contributed by atoms with van der Waals surface area (Å²) in [7, 11) is 0. The summed E-state index contributed by atoms with van der Waals surface area (Å²) in [6.45, 7) is 0. The maximum absolute atomic E-state index is 6.42. The minimum absolute atomic E-state index is 0.894. The van der Waals surface area contributed by atoms with E-state index in [-0.39, 0.29) is 0 Å². The highest BCUT2D eigenvalue weighted by molar-refractivity contribution is 6.25. The normalized spacial score (nSPS) is 11.6. The van der Waals surface area contributed by atoms with Gasteiger partial charge in [-0.1, -0.05) is 133 Å². The summed E-state index contributed by atoms with van der Waals surface area (Å²) in [4.78, 5) is 0. The fourth-order valence-corrected chi connectivity index (χ4v) is 8.32. The van der Waals surface area contributed by atoms with Gasteiger partial charge in [0.15, 0.2) is 0 Å². The Balaban J connectivity index is 1.03. The quantitative estimate of drug-likeness (QED) is 0.187. The largest absolute Gasteiger partial charge is 0.456 e. The molecule has 0 aliphatic rings. The van der Waals surface area contributed by atoms with Crippen LogP contribution in [0, 0.1) is 0 Å². The van der Waals surface area contributed by atoms with Crippen molar-refractivity contribution >= 4 is 65.9 Å². The van der Waals surface area contributed by atoms with Crippen molar-refractivity contribution in [2.45, 2.75) is 0 Å². The maximum atomic E-state index is 6.42. The summed E-state index contributed by atoms with van der Waals surface area (Å²) >= 11 is 0. The second-order valence-corrected chi connectivity index (χ2v) is 14.2. The van der Waals surface area contributed by atoms with E-state index in [0.29, 0.717) is 0 Å². The second-order valence-electron chi connectivity index (χ2n) is 14.2. The van der Waals surface area contributed by atoms with Crippen LogP contribution in [0.5, 0.6) is 0 Å². The van der Waals surface area contributed by atoms with Gasteiger partial charge in [0, 0.05) is 38.8 Å². The Bertz CT molecular complexity index is 3220. The molecule has 0 fully saturated rings. The van der Waals surface area contributed by atoms with Gasteiger partial charge < -0.3 is 14.3 Å². The van der Waals surface area contributed by atoms with E-state index in [1.165, 1.54) is 43.8 Å². The first-order valence-corrected chi connectivity index (χ1v) is 18.8. The van der Waals surface area contributed by atoms with Crippen molar-refractivity contribution in [3.63, 3.8) is 0 Å². The molecule has 0 aliphatic carbocycles. The summed E-state index contributed by atoms with van der Waals surface area (Å²) < 4.78 is 8.84. The third kappa shape index (κ3) is 5.28. The summed E-state index contributed by atoms with van der Waals surface area (Å²) in [5.74, 6) is 0. The summed E-state index contributed by atoms with van der Waals surface area (Å²) in [6.07, 6.45) is 0. The molecule has 0 atom stereocenters. The van der Waals surface area contributed by atoms with E-state index in [1.807, 2.05) is 6.07 Å². The molecule has 11 rings (SSSR count). The zero-order chi connectivity index (χ0) is 36.3. The zero-order valence-corrected chi connectivity index (χ0v) is 29.9. The van der Waals surface area contributed by atoms with Crippen molar-refractivity contribution in [1.82, 2.24) is 4.57 Å². The fraction of sp³-hybridized carbons (Fsp3) is 0. The molecular formula is C52H34N2O. The van der Waals surface area contributed by atoms with E-state index < -0.39 is 0 Å². The molecular weight excluding hydrogens is 669 g/mol. The number of hydrogen-bond donors (Lipinski definition) is 1. The Hall–Kier alpha value is -7.36. The number of aromatic nitrogens is 1. The van der Waals surface area contributed by atoms with Crippen LogP contribution in [-0.2, 0) is 0 Å². The lowest BCUT2D eigenvalue weighted by Crippen LogP contribution is -1.94. The number of anilines is 2. The summed E-state index contributed by atoms with van der Waals surface area (Å²) in [5.41, 5.74) is 14.4. The molecule has 0 aliphatic heterocycles. The Kier molecular flexibility index (Phi) is 7.17. The Labute approximate surface area is 318 Å². The molecule has 0 bridgehead atoms. The number of furan rings is 1. The lowest BCUT2D eigenvalue weighted by molar-refractivity contribution is 0.669. The molecule has 11 aromatic rings. The van der Waals surface area contributed by atoms with Crippen LogP contribution < -0.4 is 5.32 Å². The minimum atomic E-state index is 0.894. The van der Waals surface area contributed by atoms with Crippen LogP contribution in [0.4, 0.5) is 11.4 Å². The lowest BCUT2D eigenvalue weighted by atomic mass is 9.97. The van der Waals surface area contributed by atoms with E-state index in [4.69, 9.17) is 4.42 Å². The molecule has 0 saturated heterocycles. The summed E-state index contributed by atoms with van der Waals surface area (Å²) in [5, 5.41) is 10.8. The van der Waals surface area contributed by atoms with E-state index in [1.54, 1.807) is 0 Å². The zero-order valence-electron chi connectivity index (χ0n) is 29.9. The maximum Gasteiger partial charge on any atom is 0.137 e. The molecule has 0 radical (unpaired) electrons. The van der Waals surface area contributed by atoms with E-state index in [2.05, 4.69) is 204 Å². The molecule has 1 N–H and O–H groups in total. The topological polar surface area (TPSA) is 30.1 Å². The molecule has 2 aromatic heterocycles. The van der Waals surface area contributed by atoms with Gasteiger partial charge in [-0.15, -0.1) is 0 Å². The number of nitrogens with one attached hydrogen (secondary N) is 1. The first kappa shape index (κ1) is 31.2. The molecule has 0 unspecified atom stereocenters. The van der Waals surface area contributed by atoms with Crippen LogP contribution in [0.2, 0.25) is 0 Å². The van der Waals surface area contributed by atoms with Crippen molar-refractivity contribution in [3.05, 3.63) is 200 Å². The highest BCUT2D eigenvalue weighted by Crippen LogP contribution is 2.43. The highest BCUT2D eigenvalue weighted by Gasteiger charge is 2.20. The molecule has 258 valence electrons. The van der Waals surface area contributed by atoms with Gasteiger partial charge in [-0.2, -0.15) is 0 Å². The van der Waals surface area contributed by atoms with Gasteiger partial charge in [0.2, 0.25) is 0 Å². The van der Waals surface area contributed by atoms with Crippen LogP contribution in [0.15, 0.2) is 205 Å². The Morgan fingerprint density at radius 1 is 0.400 bits per heavy atom. The number of nitrogens with zero attached hydrogens (tertiary/aromatic N) is 1. The Morgan fingerprint density at radius 2 is 1.11 bits per heavy atom. The molecule has 2 heterocycles. The minimum Gasteiger partial charge on any atom is -0.456 e. The van der Waals surface area contributed by atoms with Gasteiger partial charge in [0.25, 0.3) is 0 Å². The van der Waals surface area contributed by atoms with Crippen LogP contribution in [0.25, 0.3) is 93.6 Å². The summed E-state index contributed by atoms with van der Waals surface area (Å²) in [6, 6.07) is 71.6. The average molecular weight is 703 g/mol. The smallest absolute Gasteiger partial charge is 0.137 e. The predicted octanol–water partition coefficient (Wildman–Crippen LogP) is 14.6. The monoisotopic (exact) mass is 702 g/mol. The van der Waals surface area contributed by atoms with Gasteiger partial charge in [-0.25, -0.2) is 0 Å². The molecule has 3 nitrogen and oxygen atoms in total. The molecule has 0 saturated carbocycles. The first-order chi connectivity index (χ1) is 27.2. The van der Waals surface area contributed by atoms with Gasteiger partial charge in [0.1, 0.15) is 11.2 Å². The van der Waals surface area contributed by atoms with Crippen LogP contribution >= 0.6 is 0 Å². The third-order valence-electron chi connectivity index (χ3n) is 11.0. The highest BCUT2D eigenvalue weighted by atomic mass is 16.3. The number of rotatable bonds is 6. The number of hydrogen-bond acceptors (Lipinski definition) is 2. The third-order valence-corrected chi connectivity index (χ3v) is 11.0. The van der Waals surface area contributed by atoms with Crippen LogP contribution in [0.1, 0.15) is 0 Å². The molecule has 0 spiro atoms. The second kappa shape index (κ2) is 12.6. The molecule has 3 heteroatoms. The van der Waals surface area contributed by atoms with Crippen molar-refractivity contribution in [2.75, 3.05) is 5.32 Å². The Morgan fingerprint density at radius 3 is 2.02 bits per heavy atom. The van der Waals surface area contributed by atoms with Gasteiger partial charge in [-0.05, 0) is 105 Å². The predicted molar refractivity (Wildman–Crippen MR) is 232 cm³/mol.